The number of amides is 1. The highest BCUT2D eigenvalue weighted by atomic mass is 35.5. The minimum Gasteiger partial charge on any atom is -0.497 e. The Hall–Kier alpha value is -4.29. The minimum atomic E-state index is -3.99. The van der Waals surface area contributed by atoms with Gasteiger partial charge in [-0.2, -0.15) is 0 Å². The van der Waals surface area contributed by atoms with Crippen molar-refractivity contribution in [3.63, 3.8) is 0 Å². The molecule has 0 saturated heterocycles. The molecule has 13 heteroatoms. The molecule has 0 radical (unpaired) electrons. The summed E-state index contributed by atoms with van der Waals surface area (Å²) in [5.41, 5.74) is 1.66. The van der Waals surface area contributed by atoms with Gasteiger partial charge in [-0.05, 0) is 42.0 Å². The van der Waals surface area contributed by atoms with E-state index in [9.17, 15) is 13.2 Å². The highest BCUT2D eigenvalue weighted by Crippen LogP contribution is 2.43. The lowest BCUT2D eigenvalue weighted by molar-refractivity contribution is -0.117. The molecular weight excluding hydrogens is 548 g/mol. The van der Waals surface area contributed by atoms with Crippen LogP contribution in [0.5, 0.6) is 17.2 Å². The van der Waals surface area contributed by atoms with Crippen LogP contribution in [0.1, 0.15) is 13.3 Å². The van der Waals surface area contributed by atoms with Gasteiger partial charge in [-0.15, -0.1) is 0 Å². The molecule has 0 spiro atoms. The molecule has 2 heterocycles. The van der Waals surface area contributed by atoms with Crippen molar-refractivity contribution in [1.82, 2.24) is 10.1 Å². The van der Waals surface area contributed by atoms with Gasteiger partial charge in [0.25, 0.3) is 10.0 Å². The second-order valence-corrected chi connectivity index (χ2v) is 10.1. The van der Waals surface area contributed by atoms with Crippen LogP contribution in [-0.4, -0.2) is 45.8 Å². The zero-order valence-electron chi connectivity index (χ0n) is 21.5. The van der Waals surface area contributed by atoms with E-state index in [4.69, 9.17) is 25.8 Å². The molecule has 39 heavy (non-hydrogen) atoms. The Morgan fingerprint density at radius 2 is 1.74 bits per heavy atom. The van der Waals surface area contributed by atoms with Crippen molar-refractivity contribution in [3.05, 3.63) is 66.0 Å². The second-order valence-electron chi connectivity index (χ2n) is 8.03. The predicted octanol–water partition coefficient (Wildman–Crippen LogP) is 5.29. The highest BCUT2D eigenvalue weighted by molar-refractivity contribution is 7.92. The van der Waals surface area contributed by atoms with Crippen molar-refractivity contribution in [2.45, 2.75) is 18.2 Å². The number of halogens is 1. The summed E-state index contributed by atoms with van der Waals surface area (Å²) < 4.78 is 48.7. The third kappa shape index (κ3) is 5.91. The molecule has 0 aliphatic heterocycles. The Balaban J connectivity index is 1.76. The summed E-state index contributed by atoms with van der Waals surface area (Å²) >= 11 is 6.72. The summed E-state index contributed by atoms with van der Waals surface area (Å²) in [4.78, 5) is 18.6. The predicted molar refractivity (Wildman–Crippen MR) is 146 cm³/mol. The number of carbonyl (C=O) groups is 1. The summed E-state index contributed by atoms with van der Waals surface area (Å²) in [6, 6.07) is 12.7. The molecule has 1 amide bonds. The van der Waals surface area contributed by atoms with E-state index in [1.807, 2.05) is 0 Å². The van der Waals surface area contributed by atoms with Crippen LogP contribution in [0, 0.1) is 0 Å². The Labute approximate surface area is 230 Å². The molecular formula is C26H25ClN4O7S. The molecule has 0 atom stereocenters. The molecule has 1 N–H and O–H groups in total. The zero-order chi connectivity index (χ0) is 28.2. The summed E-state index contributed by atoms with van der Waals surface area (Å²) in [6.07, 6.45) is 2.51. The van der Waals surface area contributed by atoms with Crippen molar-refractivity contribution >= 4 is 44.9 Å². The van der Waals surface area contributed by atoms with Crippen LogP contribution in [0.3, 0.4) is 0 Å². The Kier molecular flexibility index (Phi) is 8.27. The van der Waals surface area contributed by atoms with E-state index >= 15 is 0 Å². The normalized spacial score (nSPS) is 11.1. The number of rotatable bonds is 10. The number of sulfonamides is 1. The molecule has 0 unspecified atom stereocenters. The maximum atomic E-state index is 13.1. The van der Waals surface area contributed by atoms with E-state index < -0.39 is 10.0 Å². The first-order chi connectivity index (χ1) is 18.7. The van der Waals surface area contributed by atoms with Gasteiger partial charge in [-0.1, -0.05) is 23.7 Å². The summed E-state index contributed by atoms with van der Waals surface area (Å²) in [5.74, 6) is 1.36. The average Bonchev–Trinajstić information content (AvgIpc) is 3.45. The standard InChI is InChI=1S/C26H25ClN4O7S/c1-5-26(32)31(25-7-6-19(15-28-25)39(33,34)30-24-8-9-38-29-24)22-14-21(27)20(13-23(22)37-4)16-10-17(35-2)12-18(11-16)36-3/h6-15H,5H2,1-4H3,(H,29,30). The Morgan fingerprint density at radius 1 is 1.03 bits per heavy atom. The first-order valence-electron chi connectivity index (χ1n) is 11.5. The molecule has 4 aromatic rings. The average molecular weight is 573 g/mol. The number of hydrogen-bond acceptors (Lipinski definition) is 9. The van der Waals surface area contributed by atoms with Gasteiger partial charge in [0.1, 0.15) is 34.2 Å². The smallest absolute Gasteiger partial charge is 0.264 e. The third-order valence-corrected chi connectivity index (χ3v) is 7.31. The topological polar surface area (TPSA) is 133 Å². The fourth-order valence-corrected chi connectivity index (χ4v) is 4.94. The van der Waals surface area contributed by atoms with Gasteiger partial charge >= 0.3 is 0 Å². The number of anilines is 3. The van der Waals surface area contributed by atoms with Crippen LogP contribution in [-0.2, 0) is 14.8 Å². The maximum Gasteiger partial charge on any atom is 0.264 e. The zero-order valence-corrected chi connectivity index (χ0v) is 23.0. The number of hydrogen-bond donors (Lipinski definition) is 1. The molecule has 0 aliphatic carbocycles. The maximum absolute atomic E-state index is 13.1. The first-order valence-corrected chi connectivity index (χ1v) is 13.4. The molecule has 204 valence electrons. The lowest BCUT2D eigenvalue weighted by atomic mass is 10.0. The van der Waals surface area contributed by atoms with E-state index in [2.05, 4.69) is 19.4 Å². The number of nitrogens with zero attached hydrogens (tertiary/aromatic N) is 3. The molecule has 0 aliphatic rings. The molecule has 4 rings (SSSR count). The van der Waals surface area contributed by atoms with Gasteiger partial charge in [0.05, 0.1) is 32.0 Å². The fourth-order valence-electron chi connectivity index (χ4n) is 3.73. The van der Waals surface area contributed by atoms with Crippen molar-refractivity contribution < 1.29 is 31.9 Å². The van der Waals surface area contributed by atoms with Crippen LogP contribution in [0.15, 0.2) is 70.4 Å². The van der Waals surface area contributed by atoms with Gasteiger partial charge in [0.15, 0.2) is 5.82 Å². The summed E-state index contributed by atoms with van der Waals surface area (Å²) in [6.45, 7) is 1.70. The van der Waals surface area contributed by atoms with Gasteiger partial charge in [0, 0.05) is 30.3 Å². The van der Waals surface area contributed by atoms with Crippen molar-refractivity contribution in [3.8, 4) is 28.4 Å². The number of nitrogens with one attached hydrogen (secondary N) is 1. The quantitative estimate of drug-likeness (QED) is 0.269. The first kappa shape index (κ1) is 27.7. The van der Waals surface area contributed by atoms with E-state index in [0.29, 0.717) is 39.1 Å². The number of aromatic nitrogens is 2. The number of methoxy groups -OCH3 is 3. The van der Waals surface area contributed by atoms with Gasteiger partial charge in [0.2, 0.25) is 5.91 Å². The highest BCUT2D eigenvalue weighted by Gasteiger charge is 2.25. The van der Waals surface area contributed by atoms with Crippen molar-refractivity contribution in [1.29, 1.82) is 0 Å². The second kappa shape index (κ2) is 11.6. The number of ether oxygens (including phenoxy) is 3. The molecule has 0 bridgehead atoms. The van der Waals surface area contributed by atoms with Crippen LogP contribution in [0.2, 0.25) is 5.02 Å². The van der Waals surface area contributed by atoms with E-state index in [1.165, 1.54) is 36.5 Å². The number of benzene rings is 2. The minimum absolute atomic E-state index is 0.0231. The summed E-state index contributed by atoms with van der Waals surface area (Å²) in [5, 5.41) is 3.87. The van der Waals surface area contributed by atoms with Crippen LogP contribution >= 0.6 is 11.6 Å². The Bertz CT molecular complexity index is 1550. The van der Waals surface area contributed by atoms with Crippen LogP contribution in [0.25, 0.3) is 11.1 Å². The molecule has 0 fully saturated rings. The van der Waals surface area contributed by atoms with Gasteiger partial charge in [-0.3, -0.25) is 14.4 Å². The number of carbonyl (C=O) groups excluding carboxylic acids is 1. The third-order valence-electron chi connectivity index (χ3n) is 5.66. The van der Waals surface area contributed by atoms with Crippen molar-refractivity contribution in [2.24, 2.45) is 0 Å². The van der Waals surface area contributed by atoms with Crippen molar-refractivity contribution in [2.75, 3.05) is 31.0 Å². The lowest BCUT2D eigenvalue weighted by Crippen LogP contribution is -2.26. The largest absolute Gasteiger partial charge is 0.497 e. The fraction of sp³-hybridized carbons (Fsp3) is 0.192. The summed E-state index contributed by atoms with van der Waals surface area (Å²) in [7, 11) is 0.575. The van der Waals surface area contributed by atoms with E-state index in [1.54, 1.807) is 51.5 Å². The molecule has 0 saturated carbocycles. The van der Waals surface area contributed by atoms with Crippen LogP contribution in [0.4, 0.5) is 17.3 Å². The molecule has 2 aromatic carbocycles. The van der Waals surface area contributed by atoms with Gasteiger partial charge in [-0.25, -0.2) is 13.4 Å². The van der Waals surface area contributed by atoms with Crippen LogP contribution < -0.4 is 23.8 Å². The van der Waals surface area contributed by atoms with E-state index in [-0.39, 0.29) is 28.9 Å². The van der Waals surface area contributed by atoms with Gasteiger partial charge < -0.3 is 18.7 Å². The van der Waals surface area contributed by atoms with E-state index in [0.717, 1.165) is 6.20 Å². The molecule has 11 nitrogen and oxygen atoms in total. The monoisotopic (exact) mass is 572 g/mol. The SMILES string of the molecule is CCC(=O)N(c1ccc(S(=O)(=O)Nc2ccon2)cn1)c1cc(Cl)c(-c2cc(OC)cc(OC)c2)cc1OC. The number of pyridine rings is 1. The Morgan fingerprint density at radius 3 is 2.28 bits per heavy atom. The lowest BCUT2D eigenvalue weighted by Gasteiger charge is -2.25. The molecule has 2 aromatic heterocycles.